The first-order valence-electron chi connectivity index (χ1n) is 7.60. The number of benzene rings is 2. The fourth-order valence-electron chi connectivity index (χ4n) is 2.26. The number of hydroxylamine groups is 1. The third kappa shape index (κ3) is 5.35. The van der Waals surface area contributed by atoms with Gasteiger partial charge < -0.3 is 10.6 Å². The Morgan fingerprint density at radius 3 is 2.30 bits per heavy atom. The first-order chi connectivity index (χ1) is 12.6. The van der Waals surface area contributed by atoms with E-state index in [2.05, 4.69) is 10.6 Å². The molecule has 2 aromatic rings. The van der Waals surface area contributed by atoms with E-state index < -0.39 is 34.7 Å². The summed E-state index contributed by atoms with van der Waals surface area (Å²) < 4.78 is 38.6. The second-order valence-electron chi connectivity index (χ2n) is 5.58. The number of carbonyl (C=O) groups excluding carboxylic acids is 2. The number of urea groups is 1. The van der Waals surface area contributed by atoms with Crippen LogP contribution in [-0.4, -0.2) is 17.1 Å². The van der Waals surface area contributed by atoms with Gasteiger partial charge in [0.25, 0.3) is 5.91 Å². The highest BCUT2D eigenvalue weighted by Gasteiger charge is 2.33. The normalized spacial score (nSPS) is 12.2. The quantitative estimate of drug-likeness (QED) is 0.453. The summed E-state index contributed by atoms with van der Waals surface area (Å²) in [4.78, 5) is 23.3. The van der Waals surface area contributed by atoms with E-state index in [1.807, 2.05) is 0 Å². The van der Waals surface area contributed by atoms with Gasteiger partial charge in [0.2, 0.25) is 0 Å². The lowest BCUT2D eigenvalue weighted by Gasteiger charge is -2.16. The average Bonchev–Trinajstić information content (AvgIpc) is 2.61. The van der Waals surface area contributed by atoms with Crippen LogP contribution in [0.25, 0.3) is 0 Å². The largest absolute Gasteiger partial charge is 0.417 e. The van der Waals surface area contributed by atoms with Crippen LogP contribution in [0.5, 0.6) is 0 Å². The maximum atomic E-state index is 12.9. The van der Waals surface area contributed by atoms with E-state index in [0.717, 1.165) is 12.1 Å². The summed E-state index contributed by atoms with van der Waals surface area (Å²) >= 11 is 5.53. The Morgan fingerprint density at radius 2 is 1.74 bits per heavy atom. The zero-order valence-corrected chi connectivity index (χ0v) is 14.7. The minimum absolute atomic E-state index is 0.0635. The number of hydrogen-bond donors (Lipinski definition) is 4. The van der Waals surface area contributed by atoms with Crippen molar-refractivity contribution < 1.29 is 28.0 Å². The van der Waals surface area contributed by atoms with Crippen molar-refractivity contribution in [3.63, 3.8) is 0 Å². The van der Waals surface area contributed by atoms with Crippen LogP contribution < -0.4 is 16.1 Å². The van der Waals surface area contributed by atoms with Gasteiger partial charge >= 0.3 is 12.2 Å². The monoisotopic (exact) mass is 401 g/mol. The summed E-state index contributed by atoms with van der Waals surface area (Å²) in [6.07, 6.45) is -4.64. The maximum Gasteiger partial charge on any atom is 0.417 e. The van der Waals surface area contributed by atoms with Gasteiger partial charge in [-0.3, -0.25) is 10.0 Å². The van der Waals surface area contributed by atoms with E-state index in [0.29, 0.717) is 5.56 Å². The van der Waals surface area contributed by atoms with Gasteiger partial charge in [0.1, 0.15) is 0 Å². The molecule has 10 heteroatoms. The highest BCUT2D eigenvalue weighted by Crippen LogP contribution is 2.36. The van der Waals surface area contributed by atoms with Crippen LogP contribution in [0.3, 0.4) is 0 Å². The predicted molar refractivity (Wildman–Crippen MR) is 92.7 cm³/mol. The summed E-state index contributed by atoms with van der Waals surface area (Å²) in [6.45, 7) is 1.66. The number of carbonyl (C=O) groups is 2. The lowest BCUT2D eigenvalue weighted by atomic mass is 10.1. The summed E-state index contributed by atoms with van der Waals surface area (Å²) in [7, 11) is 0. The van der Waals surface area contributed by atoms with Gasteiger partial charge in [0.05, 0.1) is 16.6 Å². The van der Waals surface area contributed by atoms with Gasteiger partial charge in [0, 0.05) is 11.3 Å². The molecule has 3 amide bonds. The SMILES string of the molecule is CC(NC(=O)Nc1ccc(Cl)c(C(F)(F)F)c1)c1ccc(C(=O)NO)cc1. The molecule has 4 N–H and O–H groups in total. The molecule has 0 aromatic heterocycles. The molecule has 0 saturated heterocycles. The molecular weight excluding hydrogens is 387 g/mol. The van der Waals surface area contributed by atoms with E-state index in [4.69, 9.17) is 16.8 Å². The molecule has 0 radical (unpaired) electrons. The molecular formula is C17H15ClF3N3O3. The number of hydrogen-bond acceptors (Lipinski definition) is 3. The Bertz CT molecular complexity index is 842. The van der Waals surface area contributed by atoms with E-state index in [1.165, 1.54) is 23.7 Å². The average molecular weight is 402 g/mol. The van der Waals surface area contributed by atoms with Crippen molar-refractivity contribution in [1.82, 2.24) is 10.8 Å². The van der Waals surface area contributed by atoms with Gasteiger partial charge in [-0.2, -0.15) is 13.2 Å². The van der Waals surface area contributed by atoms with Crippen LogP contribution in [0, 0.1) is 0 Å². The van der Waals surface area contributed by atoms with E-state index in [1.54, 1.807) is 19.1 Å². The van der Waals surface area contributed by atoms with Crippen molar-refractivity contribution in [3.05, 3.63) is 64.2 Å². The molecule has 0 aliphatic carbocycles. The molecule has 0 fully saturated rings. The second-order valence-corrected chi connectivity index (χ2v) is 5.98. The molecule has 6 nitrogen and oxygen atoms in total. The standard InChI is InChI=1S/C17H15ClF3N3O3/c1-9(10-2-4-11(5-3-10)15(25)24-27)22-16(26)23-12-6-7-14(18)13(8-12)17(19,20)21/h2-9,27H,1H3,(H,24,25)(H2,22,23,26). The van der Waals surface area contributed by atoms with Gasteiger partial charge in [-0.05, 0) is 42.8 Å². The van der Waals surface area contributed by atoms with Crippen LogP contribution in [0.1, 0.15) is 34.5 Å². The highest BCUT2D eigenvalue weighted by atomic mass is 35.5. The molecule has 0 heterocycles. The van der Waals surface area contributed by atoms with E-state index in [-0.39, 0.29) is 11.3 Å². The molecule has 0 saturated carbocycles. The summed E-state index contributed by atoms with van der Waals surface area (Å²) in [5.41, 5.74) is 1.25. The molecule has 2 aromatic carbocycles. The van der Waals surface area contributed by atoms with Crippen LogP contribution in [0.4, 0.5) is 23.7 Å². The van der Waals surface area contributed by atoms with Gasteiger partial charge in [0.15, 0.2) is 0 Å². The first-order valence-corrected chi connectivity index (χ1v) is 7.98. The predicted octanol–water partition coefficient (Wildman–Crippen LogP) is 4.36. The molecule has 0 spiro atoms. The molecule has 2 rings (SSSR count). The van der Waals surface area contributed by atoms with Crippen LogP contribution >= 0.6 is 11.6 Å². The summed E-state index contributed by atoms with van der Waals surface area (Å²) in [5, 5.41) is 13.0. The Labute approximate surface area is 157 Å². The van der Waals surface area contributed by atoms with Gasteiger partial charge in [-0.1, -0.05) is 23.7 Å². The molecule has 27 heavy (non-hydrogen) atoms. The number of halogens is 4. The van der Waals surface area contributed by atoms with Gasteiger partial charge in [-0.25, -0.2) is 10.3 Å². The molecule has 144 valence electrons. The van der Waals surface area contributed by atoms with Crippen LogP contribution in [0.2, 0.25) is 5.02 Å². The third-order valence-corrected chi connectivity index (χ3v) is 3.98. The van der Waals surface area contributed by atoms with Crippen molar-refractivity contribution in [1.29, 1.82) is 0 Å². The molecule has 1 unspecified atom stereocenters. The van der Waals surface area contributed by atoms with Crippen molar-refractivity contribution in [2.45, 2.75) is 19.1 Å². The van der Waals surface area contributed by atoms with Gasteiger partial charge in [-0.15, -0.1) is 0 Å². The smallest absolute Gasteiger partial charge is 0.331 e. The maximum absolute atomic E-state index is 12.9. The van der Waals surface area contributed by atoms with Crippen LogP contribution in [0.15, 0.2) is 42.5 Å². The molecule has 0 aliphatic heterocycles. The third-order valence-electron chi connectivity index (χ3n) is 3.65. The van der Waals surface area contributed by atoms with Crippen molar-refractivity contribution in [2.24, 2.45) is 0 Å². The number of anilines is 1. The van der Waals surface area contributed by atoms with Crippen molar-refractivity contribution in [3.8, 4) is 0 Å². The zero-order chi connectivity index (χ0) is 20.2. The van der Waals surface area contributed by atoms with E-state index in [9.17, 15) is 22.8 Å². The minimum atomic E-state index is -4.64. The number of rotatable bonds is 4. The number of alkyl halides is 3. The summed E-state index contributed by atoms with van der Waals surface area (Å²) in [6, 6.07) is 7.88. The fourth-order valence-corrected chi connectivity index (χ4v) is 2.48. The number of amides is 3. The molecule has 0 aliphatic rings. The lowest BCUT2D eigenvalue weighted by molar-refractivity contribution is -0.137. The van der Waals surface area contributed by atoms with E-state index >= 15 is 0 Å². The molecule has 0 bridgehead atoms. The Kier molecular flexibility index (Phi) is 6.29. The Balaban J connectivity index is 2.04. The fraction of sp³-hybridized carbons (Fsp3) is 0.176. The Morgan fingerprint density at radius 1 is 1.11 bits per heavy atom. The van der Waals surface area contributed by atoms with Crippen molar-refractivity contribution >= 4 is 29.2 Å². The topological polar surface area (TPSA) is 90.5 Å². The van der Waals surface area contributed by atoms with Crippen molar-refractivity contribution in [2.75, 3.05) is 5.32 Å². The first kappa shape index (κ1) is 20.5. The molecule has 1 atom stereocenters. The summed E-state index contributed by atoms with van der Waals surface area (Å²) in [5.74, 6) is -0.678. The number of nitrogens with one attached hydrogen (secondary N) is 3. The highest BCUT2D eigenvalue weighted by molar-refractivity contribution is 6.31. The van der Waals surface area contributed by atoms with Crippen LogP contribution in [-0.2, 0) is 6.18 Å². The minimum Gasteiger partial charge on any atom is -0.331 e. The zero-order valence-electron chi connectivity index (χ0n) is 13.9. The Hall–Kier alpha value is -2.78. The second kappa shape index (κ2) is 8.28. The lowest BCUT2D eigenvalue weighted by Crippen LogP contribution is -2.31.